The molecule has 0 saturated carbocycles. The van der Waals surface area contributed by atoms with Crippen molar-refractivity contribution in [3.8, 4) is 0 Å². The van der Waals surface area contributed by atoms with Gasteiger partial charge in [-0.05, 0) is 30.2 Å². The van der Waals surface area contributed by atoms with Gasteiger partial charge in [0.25, 0.3) is 11.6 Å². The number of carbonyl (C=O) groups excluding carboxylic acids is 1. The Kier molecular flexibility index (Phi) is 4.23. The molecular formula is C18H16N4O3S. The highest BCUT2D eigenvalue weighted by molar-refractivity contribution is 8.05. The number of nitro groups is 1. The summed E-state index contributed by atoms with van der Waals surface area (Å²) < 4.78 is 0. The van der Waals surface area contributed by atoms with Crippen LogP contribution in [0.25, 0.3) is 6.08 Å². The molecule has 0 spiro atoms. The van der Waals surface area contributed by atoms with Gasteiger partial charge in [-0.3, -0.25) is 20.2 Å². The smallest absolute Gasteiger partial charge is 0.267 e. The second-order valence-electron chi connectivity index (χ2n) is 6.06. The van der Waals surface area contributed by atoms with Gasteiger partial charge in [0.15, 0.2) is 5.50 Å². The van der Waals surface area contributed by atoms with Crippen LogP contribution in [0.1, 0.15) is 22.9 Å². The number of amides is 1. The summed E-state index contributed by atoms with van der Waals surface area (Å²) in [5, 5.41) is 16.1. The molecule has 26 heavy (non-hydrogen) atoms. The number of nitrogens with zero attached hydrogens (tertiary/aromatic N) is 2. The van der Waals surface area contributed by atoms with E-state index < -0.39 is 4.92 Å². The quantitative estimate of drug-likeness (QED) is 0.492. The lowest BCUT2D eigenvalue weighted by atomic mass is 10.1. The zero-order valence-corrected chi connectivity index (χ0v) is 14.7. The molecule has 2 N–H and O–H groups in total. The first kappa shape index (κ1) is 16.8. The summed E-state index contributed by atoms with van der Waals surface area (Å²) in [5.74, 6) is -0.193. The molecule has 2 unspecified atom stereocenters. The predicted octanol–water partition coefficient (Wildman–Crippen LogP) is 2.91. The van der Waals surface area contributed by atoms with E-state index in [-0.39, 0.29) is 23.3 Å². The lowest BCUT2D eigenvalue weighted by molar-refractivity contribution is -0.385. The van der Waals surface area contributed by atoms with E-state index >= 15 is 0 Å². The molecule has 2 atom stereocenters. The minimum atomic E-state index is -0.442. The highest BCUT2D eigenvalue weighted by Gasteiger charge is 2.44. The van der Waals surface area contributed by atoms with Gasteiger partial charge in [-0.25, -0.2) is 10.4 Å². The zero-order valence-electron chi connectivity index (χ0n) is 13.9. The number of hydrogen-bond acceptors (Lipinski definition) is 6. The van der Waals surface area contributed by atoms with Gasteiger partial charge in [-0.2, -0.15) is 0 Å². The Morgan fingerprint density at radius 2 is 1.92 bits per heavy atom. The number of fused-ring (bicyclic) bond motifs is 1. The monoisotopic (exact) mass is 368 g/mol. The van der Waals surface area contributed by atoms with E-state index in [9.17, 15) is 14.9 Å². The van der Waals surface area contributed by atoms with Crippen LogP contribution < -0.4 is 10.7 Å². The van der Waals surface area contributed by atoms with Crippen LogP contribution in [0.4, 0.5) is 5.69 Å². The molecule has 7 nitrogen and oxygen atoms in total. The minimum Gasteiger partial charge on any atom is -0.267 e. The fraction of sp³-hybridized carbons (Fsp3) is 0.167. The lowest BCUT2D eigenvalue weighted by Crippen LogP contribution is -2.37. The SMILES string of the molecule is Cc1ccccc1C1NC2S/C(=C\c3ccccc3[N+](=O)[O-])C(=O)N2N1. The fourth-order valence-corrected chi connectivity index (χ4v) is 4.19. The average molecular weight is 368 g/mol. The highest BCUT2D eigenvalue weighted by atomic mass is 32.2. The second-order valence-corrected chi connectivity index (χ2v) is 7.18. The molecule has 2 aromatic rings. The van der Waals surface area contributed by atoms with E-state index in [1.54, 1.807) is 29.3 Å². The predicted molar refractivity (Wildman–Crippen MR) is 99.5 cm³/mol. The molecule has 2 aliphatic rings. The van der Waals surface area contributed by atoms with Gasteiger partial charge in [-0.1, -0.05) is 48.2 Å². The number of carbonyl (C=O) groups is 1. The van der Waals surface area contributed by atoms with Gasteiger partial charge < -0.3 is 0 Å². The van der Waals surface area contributed by atoms with E-state index in [1.807, 2.05) is 31.2 Å². The van der Waals surface area contributed by atoms with E-state index in [0.29, 0.717) is 10.5 Å². The lowest BCUT2D eigenvalue weighted by Gasteiger charge is -2.16. The van der Waals surface area contributed by atoms with Gasteiger partial charge in [0, 0.05) is 6.07 Å². The van der Waals surface area contributed by atoms with Crippen molar-refractivity contribution in [2.75, 3.05) is 0 Å². The number of benzene rings is 2. The molecule has 8 heteroatoms. The van der Waals surface area contributed by atoms with E-state index in [0.717, 1.165) is 11.1 Å². The van der Waals surface area contributed by atoms with Gasteiger partial charge in [0.05, 0.1) is 15.4 Å². The number of nitrogens with one attached hydrogen (secondary N) is 2. The number of aryl methyl sites for hydroxylation is 1. The van der Waals surface area contributed by atoms with Crippen LogP contribution in [0.15, 0.2) is 53.4 Å². The van der Waals surface area contributed by atoms with Crippen molar-refractivity contribution in [2.45, 2.75) is 18.6 Å². The van der Waals surface area contributed by atoms with Gasteiger partial charge in [0.1, 0.15) is 6.17 Å². The van der Waals surface area contributed by atoms with Crippen molar-refractivity contribution in [1.82, 2.24) is 15.8 Å². The second kappa shape index (κ2) is 6.56. The Morgan fingerprint density at radius 1 is 1.19 bits per heavy atom. The van der Waals surface area contributed by atoms with Crippen LogP contribution >= 0.6 is 11.8 Å². The van der Waals surface area contributed by atoms with Gasteiger partial charge >= 0.3 is 0 Å². The van der Waals surface area contributed by atoms with Crippen LogP contribution in [0.2, 0.25) is 0 Å². The molecular weight excluding hydrogens is 352 g/mol. The molecule has 0 radical (unpaired) electrons. The normalized spacial score (nSPS) is 23.5. The van der Waals surface area contributed by atoms with E-state index in [4.69, 9.17) is 0 Å². The maximum Gasteiger partial charge on any atom is 0.276 e. The Bertz CT molecular complexity index is 930. The summed E-state index contributed by atoms with van der Waals surface area (Å²) in [5.41, 5.74) is 5.56. The molecule has 2 saturated heterocycles. The summed E-state index contributed by atoms with van der Waals surface area (Å²) in [6.45, 7) is 2.02. The summed E-state index contributed by atoms with van der Waals surface area (Å²) in [6.07, 6.45) is 1.43. The third-order valence-electron chi connectivity index (χ3n) is 4.40. The van der Waals surface area contributed by atoms with Crippen LogP contribution in [0.5, 0.6) is 0 Å². The number of hydrazine groups is 1. The van der Waals surface area contributed by atoms with Gasteiger partial charge in [0.2, 0.25) is 0 Å². The first-order valence-electron chi connectivity index (χ1n) is 8.07. The summed E-state index contributed by atoms with van der Waals surface area (Å²) in [7, 11) is 0. The Balaban J connectivity index is 1.57. The minimum absolute atomic E-state index is 0.0147. The molecule has 0 bridgehead atoms. The van der Waals surface area contributed by atoms with Crippen LogP contribution in [0.3, 0.4) is 0 Å². The molecule has 2 heterocycles. The molecule has 0 aliphatic carbocycles. The Morgan fingerprint density at radius 3 is 2.65 bits per heavy atom. The van der Waals surface area contributed by atoms with Crippen molar-refractivity contribution in [3.63, 3.8) is 0 Å². The van der Waals surface area contributed by atoms with Gasteiger partial charge in [-0.15, -0.1) is 0 Å². The zero-order chi connectivity index (χ0) is 18.3. The maximum atomic E-state index is 12.7. The molecule has 132 valence electrons. The molecule has 2 aliphatic heterocycles. The topological polar surface area (TPSA) is 87.5 Å². The number of nitro benzene ring substituents is 1. The van der Waals surface area contributed by atoms with Crippen molar-refractivity contribution in [1.29, 1.82) is 0 Å². The van der Waals surface area contributed by atoms with Crippen molar-refractivity contribution < 1.29 is 9.72 Å². The van der Waals surface area contributed by atoms with Crippen molar-refractivity contribution in [3.05, 3.63) is 80.2 Å². The molecule has 1 amide bonds. The number of hydrogen-bond donors (Lipinski definition) is 2. The third-order valence-corrected chi connectivity index (χ3v) is 5.52. The molecule has 0 aromatic heterocycles. The summed E-state index contributed by atoms with van der Waals surface area (Å²) in [4.78, 5) is 23.9. The Labute approximate surface area is 154 Å². The highest BCUT2D eigenvalue weighted by Crippen LogP contribution is 2.39. The van der Waals surface area contributed by atoms with Crippen LogP contribution in [-0.4, -0.2) is 21.3 Å². The number of thioether (sulfide) groups is 1. The fourth-order valence-electron chi connectivity index (χ4n) is 3.09. The first-order chi connectivity index (χ1) is 12.5. The standard InChI is InChI=1S/C18H16N4O3S/c1-11-6-2-4-8-13(11)16-19-18-21(20-16)17(23)15(26-18)10-12-7-3-5-9-14(12)22(24)25/h2-10,16,18-20H,1H3/b15-10-. The van der Waals surface area contributed by atoms with E-state index in [2.05, 4.69) is 10.7 Å². The van der Waals surface area contributed by atoms with Crippen molar-refractivity contribution in [2.24, 2.45) is 0 Å². The third kappa shape index (κ3) is 2.88. The first-order valence-corrected chi connectivity index (χ1v) is 8.95. The number of para-hydroxylation sites is 1. The average Bonchev–Trinajstić information content (AvgIpc) is 3.16. The maximum absolute atomic E-state index is 12.7. The molecule has 2 aromatic carbocycles. The molecule has 2 fully saturated rings. The largest absolute Gasteiger partial charge is 0.276 e. The Hall–Kier alpha value is -2.68. The van der Waals surface area contributed by atoms with Crippen LogP contribution in [-0.2, 0) is 4.79 Å². The number of rotatable bonds is 3. The van der Waals surface area contributed by atoms with E-state index in [1.165, 1.54) is 17.8 Å². The summed E-state index contributed by atoms with van der Waals surface area (Å²) >= 11 is 1.35. The van der Waals surface area contributed by atoms with Crippen molar-refractivity contribution >= 4 is 29.4 Å². The molecule has 4 rings (SSSR count). The summed E-state index contributed by atoms with van der Waals surface area (Å²) in [6, 6.07) is 14.4. The van der Waals surface area contributed by atoms with Crippen LogP contribution in [0, 0.1) is 17.0 Å².